The minimum absolute atomic E-state index is 0.0249. The summed E-state index contributed by atoms with van der Waals surface area (Å²) in [5, 5.41) is 0. The second-order valence-corrected chi connectivity index (χ2v) is 4.71. The zero-order chi connectivity index (χ0) is 12.3. The Hall–Kier alpha value is -1.49. The van der Waals surface area contributed by atoms with E-state index in [4.69, 9.17) is 18.0 Å². The lowest BCUT2D eigenvalue weighted by atomic mass is 10.2. The van der Waals surface area contributed by atoms with Crippen LogP contribution in [0.4, 0.5) is 0 Å². The first kappa shape index (κ1) is 12.0. The fourth-order valence-corrected chi connectivity index (χ4v) is 1.81. The molecule has 0 aliphatic heterocycles. The molecule has 0 radical (unpaired) electrons. The van der Waals surface area contributed by atoms with E-state index in [2.05, 4.69) is 4.98 Å². The first-order chi connectivity index (χ1) is 8.18. The Morgan fingerprint density at radius 3 is 2.88 bits per heavy atom. The number of pyridine rings is 1. The van der Waals surface area contributed by atoms with Gasteiger partial charge in [0, 0.05) is 31.4 Å². The highest BCUT2D eigenvalue weighted by molar-refractivity contribution is 7.80. The van der Waals surface area contributed by atoms with Crippen LogP contribution in [0.15, 0.2) is 24.5 Å². The van der Waals surface area contributed by atoms with Crippen molar-refractivity contribution in [3.8, 4) is 0 Å². The molecule has 1 aliphatic rings. The van der Waals surface area contributed by atoms with Crippen molar-refractivity contribution in [2.75, 3.05) is 6.54 Å². The number of hydrogen-bond acceptors (Lipinski definition) is 3. The van der Waals surface area contributed by atoms with Crippen LogP contribution in [0.3, 0.4) is 0 Å². The van der Waals surface area contributed by atoms with Gasteiger partial charge in [-0.1, -0.05) is 12.2 Å². The van der Waals surface area contributed by atoms with E-state index in [1.807, 2.05) is 4.90 Å². The molecule has 1 aliphatic carbocycles. The first-order valence-corrected chi connectivity index (χ1v) is 6.08. The maximum absolute atomic E-state index is 12.2. The third-order valence-electron chi connectivity index (χ3n) is 2.76. The van der Waals surface area contributed by atoms with E-state index in [0.717, 1.165) is 12.8 Å². The van der Waals surface area contributed by atoms with Crippen LogP contribution in [0.5, 0.6) is 0 Å². The quantitative estimate of drug-likeness (QED) is 0.801. The van der Waals surface area contributed by atoms with E-state index >= 15 is 0 Å². The van der Waals surface area contributed by atoms with Gasteiger partial charge in [0.2, 0.25) is 0 Å². The number of amides is 1. The predicted molar refractivity (Wildman–Crippen MR) is 69.7 cm³/mol. The minimum atomic E-state index is 0.0249. The molecule has 17 heavy (non-hydrogen) atoms. The molecule has 2 N–H and O–H groups in total. The van der Waals surface area contributed by atoms with Crippen molar-refractivity contribution in [2.45, 2.75) is 25.3 Å². The standard InChI is InChI=1S/C12H15N3OS/c13-11(17)5-7-15(10-3-4-10)12(16)9-2-1-6-14-8-9/h1-2,6,8,10H,3-5,7H2,(H2,13,17). The van der Waals surface area contributed by atoms with E-state index in [0.29, 0.717) is 29.6 Å². The van der Waals surface area contributed by atoms with Gasteiger partial charge in [0.25, 0.3) is 5.91 Å². The van der Waals surface area contributed by atoms with Gasteiger partial charge in [-0.05, 0) is 25.0 Å². The van der Waals surface area contributed by atoms with Crippen molar-refractivity contribution in [3.05, 3.63) is 30.1 Å². The molecule has 0 aromatic carbocycles. The summed E-state index contributed by atoms with van der Waals surface area (Å²) in [6.07, 6.45) is 5.98. The normalized spacial score (nSPS) is 14.4. The van der Waals surface area contributed by atoms with Gasteiger partial charge >= 0.3 is 0 Å². The first-order valence-electron chi connectivity index (χ1n) is 5.68. The smallest absolute Gasteiger partial charge is 0.255 e. The number of thiocarbonyl (C=S) groups is 1. The monoisotopic (exact) mass is 249 g/mol. The van der Waals surface area contributed by atoms with Gasteiger partial charge in [-0.15, -0.1) is 0 Å². The highest BCUT2D eigenvalue weighted by Crippen LogP contribution is 2.28. The Labute approximate surface area is 106 Å². The summed E-state index contributed by atoms with van der Waals surface area (Å²) in [4.78, 5) is 18.5. The van der Waals surface area contributed by atoms with E-state index in [1.165, 1.54) is 0 Å². The lowest BCUT2D eigenvalue weighted by Gasteiger charge is -2.22. The van der Waals surface area contributed by atoms with Crippen molar-refractivity contribution >= 4 is 23.1 Å². The van der Waals surface area contributed by atoms with Gasteiger partial charge in [0.1, 0.15) is 0 Å². The van der Waals surface area contributed by atoms with Gasteiger partial charge < -0.3 is 10.6 Å². The summed E-state index contributed by atoms with van der Waals surface area (Å²) < 4.78 is 0. The molecule has 1 aromatic heterocycles. The van der Waals surface area contributed by atoms with E-state index in [9.17, 15) is 4.79 Å². The minimum Gasteiger partial charge on any atom is -0.393 e. The Morgan fingerprint density at radius 1 is 1.59 bits per heavy atom. The van der Waals surface area contributed by atoms with Crippen molar-refractivity contribution in [3.63, 3.8) is 0 Å². The van der Waals surface area contributed by atoms with E-state index < -0.39 is 0 Å². The molecule has 1 amide bonds. The van der Waals surface area contributed by atoms with Gasteiger partial charge in [-0.25, -0.2) is 0 Å². The Balaban J connectivity index is 2.05. The van der Waals surface area contributed by atoms with Crippen molar-refractivity contribution in [1.82, 2.24) is 9.88 Å². The number of nitrogens with zero attached hydrogens (tertiary/aromatic N) is 2. The molecule has 0 unspecified atom stereocenters. The summed E-state index contributed by atoms with van der Waals surface area (Å²) in [5.74, 6) is 0.0249. The van der Waals surface area contributed by atoms with Crippen LogP contribution in [-0.2, 0) is 0 Å². The topological polar surface area (TPSA) is 59.2 Å². The molecule has 0 atom stereocenters. The lowest BCUT2D eigenvalue weighted by Crippen LogP contribution is -2.35. The number of rotatable bonds is 5. The van der Waals surface area contributed by atoms with Crippen LogP contribution in [0.1, 0.15) is 29.6 Å². The molecule has 1 saturated carbocycles. The van der Waals surface area contributed by atoms with Crippen molar-refractivity contribution in [2.24, 2.45) is 5.73 Å². The number of carbonyl (C=O) groups is 1. The Morgan fingerprint density at radius 2 is 2.35 bits per heavy atom. The van der Waals surface area contributed by atoms with Crippen LogP contribution in [0, 0.1) is 0 Å². The molecule has 1 heterocycles. The second-order valence-electron chi connectivity index (χ2n) is 4.19. The molecular formula is C12H15N3OS. The zero-order valence-electron chi connectivity index (χ0n) is 9.50. The number of aromatic nitrogens is 1. The van der Waals surface area contributed by atoms with Gasteiger partial charge in [0.05, 0.1) is 10.6 Å². The molecule has 0 spiro atoms. The summed E-state index contributed by atoms with van der Waals surface area (Å²) in [6.45, 7) is 0.605. The Bertz CT molecular complexity index is 417. The molecule has 0 bridgehead atoms. The Kier molecular flexibility index (Phi) is 3.68. The predicted octanol–water partition coefficient (Wildman–Crippen LogP) is 1.36. The maximum atomic E-state index is 12.2. The highest BCUT2D eigenvalue weighted by Gasteiger charge is 2.32. The third-order valence-corrected chi connectivity index (χ3v) is 2.96. The number of carbonyl (C=O) groups excluding carboxylic acids is 1. The van der Waals surface area contributed by atoms with Crippen molar-refractivity contribution < 1.29 is 4.79 Å². The summed E-state index contributed by atoms with van der Waals surface area (Å²) in [6, 6.07) is 3.91. The fourth-order valence-electron chi connectivity index (χ4n) is 1.72. The third kappa shape index (κ3) is 3.23. The van der Waals surface area contributed by atoms with Gasteiger partial charge in [0.15, 0.2) is 0 Å². The molecule has 1 aromatic rings. The molecule has 5 heteroatoms. The second kappa shape index (κ2) is 5.23. The summed E-state index contributed by atoms with van der Waals surface area (Å²) in [5.41, 5.74) is 6.11. The highest BCUT2D eigenvalue weighted by atomic mass is 32.1. The lowest BCUT2D eigenvalue weighted by molar-refractivity contribution is 0.0747. The SMILES string of the molecule is NC(=S)CCN(C(=O)c1cccnc1)C1CC1. The van der Waals surface area contributed by atoms with Gasteiger partial charge in [-0.2, -0.15) is 0 Å². The van der Waals surface area contributed by atoms with Crippen LogP contribution < -0.4 is 5.73 Å². The van der Waals surface area contributed by atoms with Crippen LogP contribution >= 0.6 is 12.2 Å². The number of nitrogens with two attached hydrogens (primary N) is 1. The molecule has 4 nitrogen and oxygen atoms in total. The van der Waals surface area contributed by atoms with Crippen LogP contribution in [0.2, 0.25) is 0 Å². The molecule has 90 valence electrons. The van der Waals surface area contributed by atoms with Crippen molar-refractivity contribution in [1.29, 1.82) is 0 Å². The van der Waals surface area contributed by atoms with Crippen LogP contribution in [0.25, 0.3) is 0 Å². The maximum Gasteiger partial charge on any atom is 0.255 e. The van der Waals surface area contributed by atoms with E-state index in [1.54, 1.807) is 24.5 Å². The zero-order valence-corrected chi connectivity index (χ0v) is 10.3. The molecule has 0 saturated heterocycles. The van der Waals surface area contributed by atoms with Crippen LogP contribution in [-0.4, -0.2) is 33.4 Å². The number of hydrogen-bond donors (Lipinski definition) is 1. The van der Waals surface area contributed by atoms with E-state index in [-0.39, 0.29) is 5.91 Å². The molecular weight excluding hydrogens is 234 g/mol. The molecule has 1 fully saturated rings. The largest absolute Gasteiger partial charge is 0.393 e. The average Bonchev–Trinajstić information content (AvgIpc) is 3.14. The fraction of sp³-hybridized carbons (Fsp3) is 0.417. The summed E-state index contributed by atoms with van der Waals surface area (Å²) >= 11 is 4.85. The molecule has 2 rings (SSSR count). The average molecular weight is 249 g/mol. The van der Waals surface area contributed by atoms with Gasteiger partial charge in [-0.3, -0.25) is 9.78 Å². The summed E-state index contributed by atoms with van der Waals surface area (Å²) in [7, 11) is 0.